The van der Waals surface area contributed by atoms with Crippen LogP contribution in [0.3, 0.4) is 0 Å². The van der Waals surface area contributed by atoms with Gasteiger partial charge in [0.2, 0.25) is 0 Å². The number of hydrogen-bond donors (Lipinski definition) is 1. The largest absolute Gasteiger partial charge is 0.351 e. The highest BCUT2D eigenvalue weighted by Gasteiger charge is 2.21. The van der Waals surface area contributed by atoms with Crippen molar-refractivity contribution in [3.05, 3.63) is 0 Å². The molecule has 0 aromatic heterocycles. The highest BCUT2D eigenvalue weighted by atomic mass is 16.2. The molecule has 0 saturated heterocycles. The van der Waals surface area contributed by atoms with Crippen molar-refractivity contribution in [1.29, 1.82) is 0 Å². The number of nitrogens with two attached hydrogens (primary N) is 1. The molecule has 0 heterocycles. The van der Waals surface area contributed by atoms with E-state index in [2.05, 4.69) is 0 Å². The lowest BCUT2D eigenvalue weighted by molar-refractivity contribution is 0.168. The van der Waals surface area contributed by atoms with Crippen LogP contribution in [0.1, 0.15) is 39.0 Å². The first-order valence-corrected chi connectivity index (χ1v) is 4.81. The van der Waals surface area contributed by atoms with Crippen LogP contribution in [0.4, 0.5) is 4.79 Å². The van der Waals surface area contributed by atoms with Crippen LogP contribution in [-0.4, -0.2) is 23.5 Å². The van der Waals surface area contributed by atoms with Gasteiger partial charge in [-0.2, -0.15) is 0 Å². The van der Waals surface area contributed by atoms with E-state index in [-0.39, 0.29) is 6.03 Å². The van der Waals surface area contributed by atoms with Gasteiger partial charge >= 0.3 is 6.03 Å². The molecule has 0 aromatic rings. The lowest BCUT2D eigenvalue weighted by Crippen LogP contribution is -2.44. The van der Waals surface area contributed by atoms with Gasteiger partial charge in [0.1, 0.15) is 0 Å². The fourth-order valence-corrected chi connectivity index (χ4v) is 1.99. The van der Waals surface area contributed by atoms with Gasteiger partial charge in [-0.1, -0.05) is 19.3 Å². The first kappa shape index (κ1) is 9.36. The van der Waals surface area contributed by atoms with Gasteiger partial charge in [-0.3, -0.25) is 0 Å². The molecule has 1 rings (SSSR count). The van der Waals surface area contributed by atoms with E-state index in [1.165, 1.54) is 19.3 Å². The van der Waals surface area contributed by atoms with Crippen molar-refractivity contribution in [2.24, 2.45) is 5.73 Å². The van der Waals surface area contributed by atoms with Gasteiger partial charge < -0.3 is 10.6 Å². The normalized spacial score (nSPS) is 19.1. The summed E-state index contributed by atoms with van der Waals surface area (Å²) in [5.41, 5.74) is 5.27. The molecule has 0 atom stereocenters. The van der Waals surface area contributed by atoms with E-state index in [9.17, 15) is 4.79 Å². The molecule has 0 bridgehead atoms. The van der Waals surface area contributed by atoms with Crippen LogP contribution >= 0.6 is 0 Å². The minimum Gasteiger partial charge on any atom is -0.351 e. The predicted molar refractivity (Wildman–Crippen MR) is 48.8 cm³/mol. The van der Waals surface area contributed by atoms with Crippen molar-refractivity contribution in [3.63, 3.8) is 0 Å². The summed E-state index contributed by atoms with van der Waals surface area (Å²) in [6.45, 7) is 2.74. The van der Waals surface area contributed by atoms with Gasteiger partial charge in [0.05, 0.1) is 0 Å². The summed E-state index contributed by atoms with van der Waals surface area (Å²) in [6, 6.07) is 0.158. The molecule has 0 aromatic carbocycles. The molecule has 2 amide bonds. The van der Waals surface area contributed by atoms with E-state index in [1.807, 2.05) is 6.92 Å². The molecule has 12 heavy (non-hydrogen) atoms. The van der Waals surface area contributed by atoms with Crippen LogP contribution in [0.5, 0.6) is 0 Å². The first-order chi connectivity index (χ1) is 5.75. The van der Waals surface area contributed by atoms with E-state index < -0.39 is 0 Å². The molecule has 1 saturated carbocycles. The summed E-state index contributed by atoms with van der Waals surface area (Å²) < 4.78 is 0. The number of carbonyl (C=O) groups excluding carboxylic acids is 1. The standard InChI is InChI=1S/C9H18N2O/c1-2-11(9(10)12)8-6-4-3-5-7-8/h8H,2-7H2,1H3,(H2,10,12). The average Bonchev–Trinajstić information content (AvgIpc) is 2.07. The van der Waals surface area contributed by atoms with Crippen molar-refractivity contribution in [1.82, 2.24) is 4.90 Å². The Kier molecular flexibility index (Phi) is 3.38. The van der Waals surface area contributed by atoms with Gasteiger partial charge in [0, 0.05) is 12.6 Å². The Balaban J connectivity index is 2.46. The zero-order valence-corrected chi connectivity index (χ0v) is 7.75. The molecular weight excluding hydrogens is 152 g/mol. The van der Waals surface area contributed by atoms with Crippen LogP contribution in [0.15, 0.2) is 0 Å². The number of urea groups is 1. The van der Waals surface area contributed by atoms with E-state index in [0.717, 1.165) is 19.4 Å². The third-order valence-corrected chi connectivity index (χ3v) is 2.64. The molecule has 1 aliphatic carbocycles. The van der Waals surface area contributed by atoms with Crippen molar-refractivity contribution in [2.75, 3.05) is 6.54 Å². The Labute approximate surface area is 73.9 Å². The summed E-state index contributed by atoms with van der Waals surface area (Å²) in [5, 5.41) is 0. The molecule has 0 aliphatic heterocycles. The van der Waals surface area contributed by atoms with Crippen molar-refractivity contribution in [3.8, 4) is 0 Å². The van der Waals surface area contributed by atoms with Gasteiger partial charge in [0.15, 0.2) is 0 Å². The lowest BCUT2D eigenvalue weighted by atomic mass is 9.94. The molecule has 3 heteroatoms. The summed E-state index contributed by atoms with van der Waals surface area (Å²) in [4.78, 5) is 12.8. The Hall–Kier alpha value is -0.730. The number of rotatable bonds is 2. The second-order valence-electron chi connectivity index (χ2n) is 3.42. The SMILES string of the molecule is CCN(C(N)=O)C1CCCCC1. The van der Waals surface area contributed by atoms with Crippen molar-refractivity contribution in [2.45, 2.75) is 45.1 Å². The molecule has 1 fully saturated rings. The minimum atomic E-state index is -0.260. The van der Waals surface area contributed by atoms with Crippen molar-refractivity contribution >= 4 is 6.03 Å². The highest BCUT2D eigenvalue weighted by Crippen LogP contribution is 2.21. The monoisotopic (exact) mass is 170 g/mol. The molecule has 0 spiro atoms. The summed E-state index contributed by atoms with van der Waals surface area (Å²) >= 11 is 0. The lowest BCUT2D eigenvalue weighted by Gasteiger charge is -2.32. The van der Waals surface area contributed by atoms with Crippen LogP contribution in [0.2, 0.25) is 0 Å². The van der Waals surface area contributed by atoms with Gasteiger partial charge in [-0.25, -0.2) is 4.79 Å². The fraction of sp³-hybridized carbons (Fsp3) is 0.889. The average molecular weight is 170 g/mol. The second-order valence-corrected chi connectivity index (χ2v) is 3.42. The Morgan fingerprint density at radius 1 is 1.42 bits per heavy atom. The number of amides is 2. The minimum absolute atomic E-state index is 0.260. The molecule has 0 unspecified atom stereocenters. The summed E-state index contributed by atoms with van der Waals surface area (Å²) in [5.74, 6) is 0. The third-order valence-electron chi connectivity index (χ3n) is 2.64. The molecule has 0 radical (unpaired) electrons. The number of hydrogen-bond acceptors (Lipinski definition) is 1. The Bertz CT molecular complexity index is 153. The maximum absolute atomic E-state index is 11.0. The quantitative estimate of drug-likeness (QED) is 0.674. The number of nitrogens with zero attached hydrogens (tertiary/aromatic N) is 1. The van der Waals surface area contributed by atoms with Crippen LogP contribution < -0.4 is 5.73 Å². The third kappa shape index (κ3) is 2.13. The van der Waals surface area contributed by atoms with E-state index in [4.69, 9.17) is 5.73 Å². The zero-order chi connectivity index (χ0) is 8.97. The van der Waals surface area contributed by atoms with Gasteiger partial charge in [0.25, 0.3) is 0 Å². The smallest absolute Gasteiger partial charge is 0.315 e. The van der Waals surface area contributed by atoms with E-state index in [1.54, 1.807) is 4.90 Å². The maximum atomic E-state index is 11.0. The van der Waals surface area contributed by atoms with Crippen LogP contribution in [0.25, 0.3) is 0 Å². The van der Waals surface area contributed by atoms with Gasteiger partial charge in [-0.05, 0) is 19.8 Å². The molecule has 2 N–H and O–H groups in total. The van der Waals surface area contributed by atoms with E-state index >= 15 is 0 Å². The summed E-state index contributed by atoms with van der Waals surface area (Å²) in [7, 11) is 0. The zero-order valence-electron chi connectivity index (χ0n) is 7.75. The van der Waals surface area contributed by atoms with Crippen molar-refractivity contribution < 1.29 is 4.79 Å². The molecule has 70 valence electrons. The second kappa shape index (κ2) is 4.33. The Morgan fingerprint density at radius 3 is 2.42 bits per heavy atom. The number of primary amides is 1. The maximum Gasteiger partial charge on any atom is 0.315 e. The predicted octanol–water partition coefficient (Wildman–Crippen LogP) is 1.72. The topological polar surface area (TPSA) is 46.3 Å². The first-order valence-electron chi connectivity index (χ1n) is 4.81. The highest BCUT2D eigenvalue weighted by molar-refractivity contribution is 5.72. The molecule has 1 aliphatic rings. The molecular formula is C9H18N2O. The number of carbonyl (C=O) groups is 1. The Morgan fingerprint density at radius 2 is 2.00 bits per heavy atom. The van der Waals surface area contributed by atoms with E-state index in [0.29, 0.717) is 6.04 Å². The van der Waals surface area contributed by atoms with Crippen LogP contribution in [-0.2, 0) is 0 Å². The molecule has 3 nitrogen and oxygen atoms in total. The fourth-order valence-electron chi connectivity index (χ4n) is 1.99. The van der Waals surface area contributed by atoms with Crippen LogP contribution in [0, 0.1) is 0 Å². The summed E-state index contributed by atoms with van der Waals surface area (Å²) in [6.07, 6.45) is 6.07. The van der Waals surface area contributed by atoms with Gasteiger partial charge in [-0.15, -0.1) is 0 Å².